The predicted molar refractivity (Wildman–Crippen MR) is 126 cm³/mol. The summed E-state index contributed by atoms with van der Waals surface area (Å²) in [6, 6.07) is 12.3. The van der Waals surface area contributed by atoms with E-state index in [1.54, 1.807) is 38.5 Å². The predicted octanol–water partition coefficient (Wildman–Crippen LogP) is 2.63. The highest BCUT2D eigenvalue weighted by atomic mass is 16.5. The number of hydrogen-bond acceptors (Lipinski definition) is 7. The maximum Gasteiger partial charge on any atom is 0.282 e. The van der Waals surface area contributed by atoms with E-state index < -0.39 is 5.91 Å². The summed E-state index contributed by atoms with van der Waals surface area (Å²) < 4.78 is 16.3. The minimum Gasteiger partial charge on any atom is -0.497 e. The van der Waals surface area contributed by atoms with Gasteiger partial charge in [0.15, 0.2) is 0 Å². The van der Waals surface area contributed by atoms with Crippen molar-refractivity contribution < 1.29 is 23.8 Å². The Bertz CT molecular complexity index is 1090. The molecule has 2 amide bonds. The zero-order valence-corrected chi connectivity index (χ0v) is 19.5. The number of methoxy groups -OCH3 is 3. The standard InChI is InChI=1S/C25H29N3O5/c1-5-26-12-14-27(15-13-26)23-22(18-8-6-7-9-20(18)32-3)24(29)28(25(23)30)19-11-10-17(31-2)16-21(19)33-4/h6-11,16H,5,12-15H2,1-4H3. The molecule has 33 heavy (non-hydrogen) atoms. The number of piperazine rings is 1. The molecule has 0 saturated carbocycles. The van der Waals surface area contributed by atoms with Gasteiger partial charge in [0, 0.05) is 37.8 Å². The van der Waals surface area contributed by atoms with E-state index in [4.69, 9.17) is 14.2 Å². The number of imide groups is 1. The molecule has 1 saturated heterocycles. The van der Waals surface area contributed by atoms with E-state index in [9.17, 15) is 9.59 Å². The number of hydrogen-bond donors (Lipinski definition) is 0. The van der Waals surface area contributed by atoms with E-state index in [0.29, 0.717) is 52.9 Å². The van der Waals surface area contributed by atoms with E-state index >= 15 is 0 Å². The van der Waals surface area contributed by atoms with Crippen molar-refractivity contribution in [2.75, 3.05) is 59.0 Å². The van der Waals surface area contributed by atoms with Gasteiger partial charge in [-0.05, 0) is 24.7 Å². The second kappa shape index (κ2) is 9.54. The molecule has 0 aliphatic carbocycles. The maximum atomic E-state index is 13.8. The van der Waals surface area contributed by atoms with Gasteiger partial charge in [-0.15, -0.1) is 0 Å². The molecular weight excluding hydrogens is 422 g/mol. The Hall–Kier alpha value is -3.52. The van der Waals surface area contributed by atoms with Crippen LogP contribution in [0.15, 0.2) is 48.2 Å². The summed E-state index contributed by atoms with van der Waals surface area (Å²) in [5, 5.41) is 0. The van der Waals surface area contributed by atoms with Gasteiger partial charge in [0.25, 0.3) is 11.8 Å². The molecule has 0 bridgehead atoms. The quantitative estimate of drug-likeness (QED) is 0.600. The first-order valence-electron chi connectivity index (χ1n) is 11.0. The third kappa shape index (κ3) is 4.02. The molecule has 0 unspecified atom stereocenters. The van der Waals surface area contributed by atoms with Crippen LogP contribution in [0.4, 0.5) is 5.69 Å². The first-order valence-corrected chi connectivity index (χ1v) is 11.0. The molecule has 1 fully saturated rings. The molecule has 2 aliphatic rings. The number of nitrogens with zero attached hydrogens (tertiary/aromatic N) is 3. The van der Waals surface area contributed by atoms with E-state index in [2.05, 4.69) is 11.8 Å². The molecule has 4 rings (SSSR count). The highest BCUT2D eigenvalue weighted by molar-refractivity contribution is 6.46. The van der Waals surface area contributed by atoms with Gasteiger partial charge in [-0.25, -0.2) is 4.90 Å². The molecule has 8 heteroatoms. The fraction of sp³-hybridized carbons (Fsp3) is 0.360. The fourth-order valence-electron chi connectivity index (χ4n) is 4.38. The summed E-state index contributed by atoms with van der Waals surface area (Å²) in [5.41, 5.74) is 1.72. The third-order valence-electron chi connectivity index (χ3n) is 6.20. The number of carbonyl (C=O) groups is 2. The average Bonchev–Trinajstić information content (AvgIpc) is 3.12. The number of likely N-dealkylation sites (N-methyl/N-ethyl adjacent to an activating group) is 1. The van der Waals surface area contributed by atoms with E-state index in [0.717, 1.165) is 19.6 Å². The van der Waals surface area contributed by atoms with Crippen molar-refractivity contribution in [1.29, 1.82) is 0 Å². The highest BCUT2D eigenvalue weighted by Gasteiger charge is 2.44. The molecule has 2 aromatic carbocycles. The maximum absolute atomic E-state index is 13.8. The molecule has 2 heterocycles. The van der Waals surface area contributed by atoms with Gasteiger partial charge in [-0.1, -0.05) is 25.1 Å². The van der Waals surface area contributed by atoms with Crippen LogP contribution in [0.25, 0.3) is 5.57 Å². The van der Waals surface area contributed by atoms with Crippen molar-refractivity contribution >= 4 is 23.1 Å². The normalized spacial score (nSPS) is 17.1. The molecule has 2 aromatic rings. The summed E-state index contributed by atoms with van der Waals surface area (Å²) in [4.78, 5) is 33.2. The molecular formula is C25H29N3O5. The van der Waals surface area contributed by atoms with Gasteiger partial charge in [0.05, 0.1) is 32.6 Å². The van der Waals surface area contributed by atoms with Crippen molar-refractivity contribution in [2.45, 2.75) is 6.92 Å². The molecule has 0 aromatic heterocycles. The van der Waals surface area contributed by atoms with Crippen LogP contribution in [-0.2, 0) is 9.59 Å². The average molecular weight is 452 g/mol. The van der Waals surface area contributed by atoms with Crippen molar-refractivity contribution in [1.82, 2.24) is 9.80 Å². The molecule has 0 atom stereocenters. The molecule has 0 spiro atoms. The lowest BCUT2D eigenvalue weighted by atomic mass is 10.0. The van der Waals surface area contributed by atoms with E-state index in [-0.39, 0.29) is 5.91 Å². The Labute approximate surface area is 193 Å². The van der Waals surface area contributed by atoms with Gasteiger partial charge in [0.1, 0.15) is 22.9 Å². The zero-order valence-electron chi connectivity index (χ0n) is 19.5. The summed E-state index contributed by atoms with van der Waals surface area (Å²) in [6.45, 7) is 6.05. The van der Waals surface area contributed by atoms with Crippen molar-refractivity contribution in [3.05, 3.63) is 53.7 Å². The molecule has 174 valence electrons. The van der Waals surface area contributed by atoms with Crippen molar-refractivity contribution in [2.24, 2.45) is 0 Å². The van der Waals surface area contributed by atoms with Crippen LogP contribution < -0.4 is 19.1 Å². The molecule has 0 radical (unpaired) electrons. The lowest BCUT2D eigenvalue weighted by molar-refractivity contribution is -0.120. The summed E-state index contributed by atoms with van der Waals surface area (Å²) in [6.07, 6.45) is 0. The third-order valence-corrected chi connectivity index (χ3v) is 6.20. The summed E-state index contributed by atoms with van der Waals surface area (Å²) >= 11 is 0. The van der Waals surface area contributed by atoms with Crippen LogP contribution in [0.1, 0.15) is 12.5 Å². The Morgan fingerprint density at radius 2 is 1.52 bits per heavy atom. The number of carbonyl (C=O) groups excluding carboxylic acids is 2. The second-order valence-corrected chi connectivity index (χ2v) is 7.83. The Morgan fingerprint density at radius 3 is 2.15 bits per heavy atom. The number of anilines is 1. The number of amides is 2. The van der Waals surface area contributed by atoms with Crippen molar-refractivity contribution in [3.8, 4) is 17.2 Å². The first-order chi connectivity index (χ1) is 16.0. The molecule has 2 aliphatic heterocycles. The SMILES string of the molecule is CCN1CCN(C2=C(c3ccccc3OC)C(=O)N(c3ccc(OC)cc3OC)C2=O)CC1. The Balaban J connectivity index is 1.83. The first kappa shape index (κ1) is 22.7. The lowest BCUT2D eigenvalue weighted by Gasteiger charge is -2.36. The van der Waals surface area contributed by atoms with Crippen LogP contribution in [-0.4, -0.2) is 75.7 Å². The number of ether oxygens (including phenoxy) is 3. The monoisotopic (exact) mass is 451 g/mol. The van der Waals surface area contributed by atoms with Crippen LogP contribution in [0.5, 0.6) is 17.2 Å². The smallest absolute Gasteiger partial charge is 0.282 e. The zero-order chi connectivity index (χ0) is 23.5. The molecule has 8 nitrogen and oxygen atoms in total. The van der Waals surface area contributed by atoms with Gasteiger partial charge in [-0.2, -0.15) is 0 Å². The fourth-order valence-corrected chi connectivity index (χ4v) is 4.38. The van der Waals surface area contributed by atoms with Gasteiger partial charge >= 0.3 is 0 Å². The number of para-hydroxylation sites is 1. The number of benzene rings is 2. The van der Waals surface area contributed by atoms with E-state index in [1.165, 1.54) is 12.0 Å². The Morgan fingerprint density at radius 1 is 0.818 bits per heavy atom. The molecule has 0 N–H and O–H groups in total. The minimum atomic E-state index is -0.402. The van der Waals surface area contributed by atoms with Crippen LogP contribution in [0.3, 0.4) is 0 Å². The van der Waals surface area contributed by atoms with Crippen LogP contribution in [0.2, 0.25) is 0 Å². The highest BCUT2D eigenvalue weighted by Crippen LogP contribution is 2.42. The van der Waals surface area contributed by atoms with Crippen LogP contribution in [0, 0.1) is 0 Å². The number of rotatable bonds is 7. The summed E-state index contributed by atoms with van der Waals surface area (Å²) in [5.74, 6) is 0.730. The van der Waals surface area contributed by atoms with Gasteiger partial charge in [-0.3, -0.25) is 9.59 Å². The van der Waals surface area contributed by atoms with Crippen LogP contribution >= 0.6 is 0 Å². The minimum absolute atomic E-state index is 0.347. The van der Waals surface area contributed by atoms with Gasteiger partial charge in [0.2, 0.25) is 0 Å². The lowest BCUT2D eigenvalue weighted by Crippen LogP contribution is -2.47. The summed E-state index contributed by atoms with van der Waals surface area (Å²) in [7, 11) is 4.61. The van der Waals surface area contributed by atoms with E-state index in [1.807, 2.05) is 23.1 Å². The second-order valence-electron chi connectivity index (χ2n) is 7.83. The van der Waals surface area contributed by atoms with Gasteiger partial charge < -0.3 is 24.0 Å². The van der Waals surface area contributed by atoms with Crippen molar-refractivity contribution in [3.63, 3.8) is 0 Å². The largest absolute Gasteiger partial charge is 0.497 e. The Kier molecular flexibility index (Phi) is 6.55. The topological polar surface area (TPSA) is 71.6 Å².